The molecule has 0 saturated carbocycles. The van der Waals surface area contributed by atoms with Crippen LogP contribution >= 0.6 is 0 Å². The molecule has 2 aromatic rings. The third-order valence-corrected chi connectivity index (χ3v) is 3.04. The zero-order valence-electron chi connectivity index (χ0n) is 12.8. The number of halogens is 3. The number of carbonyl (C=O) groups excluding carboxylic acids is 1. The Balaban J connectivity index is 2.01. The molecule has 0 radical (unpaired) electrons. The maximum absolute atomic E-state index is 12.1. The number of nitrogens with zero attached hydrogens (tertiary/aromatic N) is 2. The summed E-state index contributed by atoms with van der Waals surface area (Å²) >= 11 is 0. The number of hydrogen-bond donors (Lipinski definition) is 1. The molecule has 128 valence electrons. The van der Waals surface area contributed by atoms with Crippen LogP contribution in [0, 0.1) is 0 Å². The number of anilines is 1. The first kappa shape index (κ1) is 17.5. The van der Waals surface area contributed by atoms with Gasteiger partial charge in [0.05, 0.1) is 13.2 Å². The van der Waals surface area contributed by atoms with E-state index in [1.807, 2.05) is 0 Å². The van der Waals surface area contributed by atoms with Crippen LogP contribution in [0.25, 0.3) is 0 Å². The number of aromatic nitrogens is 2. The van der Waals surface area contributed by atoms with Crippen molar-refractivity contribution in [2.45, 2.75) is 19.3 Å². The molecule has 1 N–H and O–H groups in total. The van der Waals surface area contributed by atoms with Gasteiger partial charge in [0.2, 0.25) is 0 Å². The lowest BCUT2D eigenvalue weighted by Gasteiger charge is -2.15. The van der Waals surface area contributed by atoms with Crippen molar-refractivity contribution in [2.75, 3.05) is 12.4 Å². The molecule has 0 unspecified atom stereocenters. The molecule has 24 heavy (non-hydrogen) atoms. The lowest BCUT2D eigenvalue weighted by molar-refractivity contribution is -0.274. The van der Waals surface area contributed by atoms with E-state index in [0.29, 0.717) is 5.82 Å². The van der Waals surface area contributed by atoms with Crippen molar-refractivity contribution in [2.24, 2.45) is 0 Å². The molecule has 1 heterocycles. The average Bonchev–Trinajstić information content (AvgIpc) is 2.54. The normalized spacial score (nSPS) is 12.4. The molecule has 0 aliphatic carbocycles. The number of nitrogens with one attached hydrogen (secondary N) is 1. The largest absolute Gasteiger partial charge is 0.573 e. The predicted molar refractivity (Wildman–Crippen MR) is 78.5 cm³/mol. The van der Waals surface area contributed by atoms with E-state index in [2.05, 4.69) is 25.0 Å². The molecule has 1 aromatic carbocycles. The van der Waals surface area contributed by atoms with Gasteiger partial charge in [-0.1, -0.05) is 12.1 Å². The summed E-state index contributed by atoms with van der Waals surface area (Å²) in [6, 6.07) is 8.23. The van der Waals surface area contributed by atoms with Gasteiger partial charge in [0.25, 0.3) is 0 Å². The van der Waals surface area contributed by atoms with Crippen LogP contribution in [0.4, 0.5) is 19.0 Å². The summed E-state index contributed by atoms with van der Waals surface area (Å²) < 4.78 is 44.7. The lowest BCUT2D eigenvalue weighted by Crippen LogP contribution is -2.17. The molecule has 1 atom stereocenters. The van der Waals surface area contributed by atoms with E-state index in [4.69, 9.17) is 0 Å². The van der Waals surface area contributed by atoms with Gasteiger partial charge in [0.1, 0.15) is 11.6 Å². The van der Waals surface area contributed by atoms with Crippen molar-refractivity contribution in [3.05, 3.63) is 47.7 Å². The number of esters is 1. The molecule has 0 saturated heterocycles. The Kier molecular flexibility index (Phi) is 5.22. The molecule has 0 fully saturated rings. The SMILES string of the molecule is COC(=O)c1ccc(N[C@@H](C)c2ccc(OC(F)(F)F)cc2)nn1. The Bertz CT molecular complexity index is 688. The predicted octanol–water partition coefficient (Wildman–Crippen LogP) is 3.33. The van der Waals surface area contributed by atoms with E-state index in [1.54, 1.807) is 13.0 Å². The van der Waals surface area contributed by atoms with Crippen LogP contribution in [0.1, 0.15) is 29.0 Å². The minimum atomic E-state index is -4.72. The van der Waals surface area contributed by atoms with Crippen molar-refractivity contribution in [3.8, 4) is 5.75 Å². The second kappa shape index (κ2) is 7.16. The van der Waals surface area contributed by atoms with E-state index in [-0.39, 0.29) is 17.5 Å². The molecule has 0 bridgehead atoms. The molecule has 1 aromatic heterocycles. The standard InChI is InChI=1S/C15H14F3N3O3/c1-9(10-3-5-11(6-4-10)24-15(16,17)18)19-13-8-7-12(20-21-13)14(22)23-2/h3-9H,1-2H3,(H,19,21)/t9-/m0/s1. The summed E-state index contributed by atoms with van der Waals surface area (Å²) in [5.41, 5.74) is 0.799. The zero-order valence-corrected chi connectivity index (χ0v) is 12.8. The van der Waals surface area contributed by atoms with Crippen molar-refractivity contribution in [3.63, 3.8) is 0 Å². The van der Waals surface area contributed by atoms with E-state index >= 15 is 0 Å². The smallest absolute Gasteiger partial charge is 0.464 e. The fraction of sp³-hybridized carbons (Fsp3) is 0.267. The Labute approximate surface area is 135 Å². The Morgan fingerprint density at radius 2 is 1.79 bits per heavy atom. The first-order valence-electron chi connectivity index (χ1n) is 6.83. The molecule has 9 heteroatoms. The maximum atomic E-state index is 12.1. The number of hydrogen-bond acceptors (Lipinski definition) is 6. The second-order valence-electron chi connectivity index (χ2n) is 4.78. The molecular formula is C15H14F3N3O3. The van der Waals surface area contributed by atoms with Gasteiger partial charge in [0, 0.05) is 0 Å². The molecule has 6 nitrogen and oxygen atoms in total. The van der Waals surface area contributed by atoms with Crippen LogP contribution in [0.5, 0.6) is 5.75 Å². The Morgan fingerprint density at radius 1 is 1.12 bits per heavy atom. The monoisotopic (exact) mass is 341 g/mol. The summed E-state index contributed by atoms with van der Waals surface area (Å²) in [6.07, 6.45) is -4.72. The Morgan fingerprint density at radius 3 is 2.29 bits per heavy atom. The van der Waals surface area contributed by atoms with Gasteiger partial charge in [-0.15, -0.1) is 23.4 Å². The van der Waals surface area contributed by atoms with Crippen LogP contribution in [0.2, 0.25) is 0 Å². The van der Waals surface area contributed by atoms with Gasteiger partial charge in [-0.05, 0) is 36.8 Å². The van der Waals surface area contributed by atoms with E-state index in [9.17, 15) is 18.0 Å². The first-order chi connectivity index (χ1) is 11.3. The van der Waals surface area contributed by atoms with E-state index < -0.39 is 12.3 Å². The summed E-state index contributed by atoms with van der Waals surface area (Å²) in [5.74, 6) is -0.478. The van der Waals surface area contributed by atoms with E-state index in [0.717, 1.165) is 5.56 Å². The fourth-order valence-corrected chi connectivity index (χ4v) is 1.89. The highest BCUT2D eigenvalue weighted by atomic mass is 19.4. The minimum Gasteiger partial charge on any atom is -0.464 e. The molecule has 0 amide bonds. The van der Waals surface area contributed by atoms with Crippen molar-refractivity contribution >= 4 is 11.8 Å². The van der Waals surface area contributed by atoms with Crippen LogP contribution in [0.15, 0.2) is 36.4 Å². The van der Waals surface area contributed by atoms with Gasteiger partial charge in [0.15, 0.2) is 5.69 Å². The van der Waals surface area contributed by atoms with Crippen LogP contribution in [-0.2, 0) is 4.74 Å². The molecule has 2 rings (SSSR count). The van der Waals surface area contributed by atoms with Gasteiger partial charge >= 0.3 is 12.3 Å². The van der Waals surface area contributed by atoms with Gasteiger partial charge in [-0.3, -0.25) is 0 Å². The molecule has 0 aliphatic heterocycles. The number of ether oxygens (including phenoxy) is 2. The first-order valence-corrected chi connectivity index (χ1v) is 6.83. The molecule has 0 spiro atoms. The maximum Gasteiger partial charge on any atom is 0.573 e. The average molecular weight is 341 g/mol. The van der Waals surface area contributed by atoms with Gasteiger partial charge in [-0.2, -0.15) is 0 Å². The number of rotatable bonds is 5. The summed E-state index contributed by atoms with van der Waals surface area (Å²) in [5, 5.41) is 10.6. The summed E-state index contributed by atoms with van der Waals surface area (Å²) in [7, 11) is 1.24. The zero-order chi connectivity index (χ0) is 17.7. The number of carbonyl (C=O) groups is 1. The van der Waals surface area contributed by atoms with Crippen LogP contribution in [0.3, 0.4) is 0 Å². The quantitative estimate of drug-likeness (QED) is 0.841. The third kappa shape index (κ3) is 4.83. The van der Waals surface area contributed by atoms with Crippen molar-refractivity contribution in [1.82, 2.24) is 10.2 Å². The summed E-state index contributed by atoms with van der Waals surface area (Å²) in [4.78, 5) is 11.3. The highest BCUT2D eigenvalue weighted by molar-refractivity contribution is 5.86. The number of alkyl halides is 3. The van der Waals surface area contributed by atoms with Crippen LogP contribution < -0.4 is 10.1 Å². The van der Waals surface area contributed by atoms with Gasteiger partial charge in [-0.25, -0.2) is 4.79 Å². The highest BCUT2D eigenvalue weighted by Crippen LogP contribution is 2.25. The molecule has 0 aliphatic rings. The third-order valence-electron chi connectivity index (χ3n) is 3.04. The fourth-order valence-electron chi connectivity index (χ4n) is 1.89. The minimum absolute atomic E-state index is 0.0735. The van der Waals surface area contributed by atoms with Crippen molar-refractivity contribution < 1.29 is 27.4 Å². The Hall–Kier alpha value is -2.84. The van der Waals surface area contributed by atoms with Gasteiger partial charge < -0.3 is 14.8 Å². The van der Waals surface area contributed by atoms with Crippen molar-refractivity contribution in [1.29, 1.82) is 0 Å². The topological polar surface area (TPSA) is 73.3 Å². The number of benzene rings is 1. The van der Waals surface area contributed by atoms with Crippen LogP contribution in [-0.4, -0.2) is 29.6 Å². The van der Waals surface area contributed by atoms with E-state index in [1.165, 1.54) is 37.4 Å². The number of methoxy groups -OCH3 is 1. The molecular weight excluding hydrogens is 327 g/mol. The second-order valence-corrected chi connectivity index (χ2v) is 4.78. The highest BCUT2D eigenvalue weighted by Gasteiger charge is 2.31. The summed E-state index contributed by atoms with van der Waals surface area (Å²) in [6.45, 7) is 1.80. The lowest BCUT2D eigenvalue weighted by atomic mass is 10.1.